The summed E-state index contributed by atoms with van der Waals surface area (Å²) in [6, 6.07) is 8.89. The van der Waals surface area contributed by atoms with Crippen molar-refractivity contribution in [2.45, 2.75) is 52.6 Å². The summed E-state index contributed by atoms with van der Waals surface area (Å²) in [6.45, 7) is 4.64. The van der Waals surface area contributed by atoms with E-state index in [1.807, 2.05) is 11.5 Å². The first-order chi connectivity index (χ1) is 20.0. The van der Waals surface area contributed by atoms with Crippen LogP contribution in [0.1, 0.15) is 68.6 Å². The number of nitro groups is 1. The summed E-state index contributed by atoms with van der Waals surface area (Å²) in [5.41, 5.74) is 7.80. The van der Waals surface area contributed by atoms with Gasteiger partial charge in [-0.1, -0.05) is 6.42 Å². The number of carboxylic acid groups (broad SMARTS) is 1. The minimum Gasteiger partial charge on any atom is -0.496 e. The molecule has 42 heavy (non-hydrogen) atoms. The maximum atomic E-state index is 13.2. The Hall–Kier alpha value is -5.27. The second kappa shape index (κ2) is 12.5. The van der Waals surface area contributed by atoms with Gasteiger partial charge in [-0.05, 0) is 63.4 Å². The van der Waals surface area contributed by atoms with Gasteiger partial charge in [0.15, 0.2) is 0 Å². The van der Waals surface area contributed by atoms with Crippen LogP contribution in [0.4, 0.5) is 11.6 Å². The number of fused-ring (bicyclic) bond motifs is 1. The molecule has 14 heteroatoms. The van der Waals surface area contributed by atoms with Crippen molar-refractivity contribution in [1.82, 2.24) is 19.3 Å². The van der Waals surface area contributed by atoms with Gasteiger partial charge in [0.25, 0.3) is 11.6 Å². The molecule has 220 valence electrons. The normalized spacial score (nSPS) is 11.0. The van der Waals surface area contributed by atoms with Gasteiger partial charge in [-0.25, -0.2) is 9.78 Å². The summed E-state index contributed by atoms with van der Waals surface area (Å²) in [5, 5.41) is 28.1. The molecule has 4 N–H and O–H groups in total. The van der Waals surface area contributed by atoms with Crippen LogP contribution < -0.4 is 15.8 Å². The van der Waals surface area contributed by atoms with Crippen LogP contribution in [0.15, 0.2) is 36.4 Å². The highest BCUT2D eigenvalue weighted by Gasteiger charge is 2.23. The molecule has 0 atom stereocenters. The van der Waals surface area contributed by atoms with Crippen LogP contribution in [-0.4, -0.2) is 54.3 Å². The molecule has 4 rings (SSSR count). The summed E-state index contributed by atoms with van der Waals surface area (Å²) < 4.78 is 8.70. The summed E-state index contributed by atoms with van der Waals surface area (Å²) in [7, 11) is 1.34. The van der Waals surface area contributed by atoms with E-state index in [0.29, 0.717) is 72.7 Å². The topological polar surface area (TPSA) is 198 Å². The molecule has 2 aromatic heterocycles. The van der Waals surface area contributed by atoms with Crippen LogP contribution in [0, 0.1) is 17.0 Å². The van der Waals surface area contributed by atoms with Crippen molar-refractivity contribution in [3.8, 4) is 5.75 Å². The number of nitrogens with one attached hydrogen (secondary N) is 1. The molecule has 0 radical (unpaired) electrons. The number of imidazole rings is 1. The Morgan fingerprint density at radius 2 is 1.88 bits per heavy atom. The number of nitrogens with two attached hydrogens (primary N) is 1. The van der Waals surface area contributed by atoms with Gasteiger partial charge in [0.1, 0.15) is 11.4 Å². The number of ether oxygens (including phenoxy) is 1. The van der Waals surface area contributed by atoms with Gasteiger partial charge in [0.2, 0.25) is 11.9 Å². The first-order valence-corrected chi connectivity index (χ1v) is 13.3. The number of hydrogen-bond donors (Lipinski definition) is 3. The van der Waals surface area contributed by atoms with Gasteiger partial charge in [-0.15, -0.1) is 0 Å². The van der Waals surface area contributed by atoms with E-state index >= 15 is 0 Å². The number of unbranched alkanes of at least 4 members (excludes halogenated alkanes) is 2. The van der Waals surface area contributed by atoms with Gasteiger partial charge < -0.3 is 20.1 Å². The van der Waals surface area contributed by atoms with Crippen LogP contribution in [0.2, 0.25) is 0 Å². The molecule has 2 amide bonds. The number of aromatic carboxylic acids is 1. The maximum absolute atomic E-state index is 13.2. The van der Waals surface area contributed by atoms with Gasteiger partial charge in [-0.3, -0.25) is 29.7 Å². The number of carbonyl (C=O) groups excluding carboxylic acids is 2. The van der Waals surface area contributed by atoms with Crippen molar-refractivity contribution in [1.29, 1.82) is 0 Å². The number of nitro benzene ring substituents is 1. The lowest BCUT2D eigenvalue weighted by atomic mass is 10.0. The average molecular weight is 578 g/mol. The number of carbonyl (C=O) groups is 3. The number of aryl methyl sites for hydroxylation is 3. The van der Waals surface area contributed by atoms with Crippen LogP contribution >= 0.6 is 0 Å². The standard InChI is InChI=1S/C28H31N7O7/c1-4-34-23(12-16(2)32-34)26(37)31-28-30-20-13-17(25(29)36)9-10-21(20)33(28)11-7-5-6-8-19-22(35(40)41)14-18(27(38)39)15-24(19)42-3/h9-10,12-15H,4-8,11H2,1-3H3,(H2,29,36)(H,38,39)(H,30,31,37). The van der Waals surface area contributed by atoms with Crippen molar-refractivity contribution in [2.24, 2.45) is 5.73 Å². The van der Waals surface area contributed by atoms with Crippen LogP contribution in [-0.2, 0) is 19.5 Å². The molecule has 0 saturated heterocycles. The van der Waals surface area contributed by atoms with Gasteiger partial charge >= 0.3 is 5.97 Å². The third kappa shape index (κ3) is 6.22. The molecule has 0 unspecified atom stereocenters. The van der Waals surface area contributed by atoms with E-state index in [9.17, 15) is 29.6 Å². The first-order valence-electron chi connectivity index (χ1n) is 13.3. The molecule has 0 aliphatic rings. The number of primary amides is 1. The number of aromatic nitrogens is 4. The molecule has 2 aromatic carbocycles. The van der Waals surface area contributed by atoms with Crippen LogP contribution in [0.5, 0.6) is 5.75 Å². The fraction of sp³-hybridized carbons (Fsp3) is 0.321. The van der Waals surface area contributed by atoms with Crippen molar-refractivity contribution >= 4 is 40.5 Å². The van der Waals surface area contributed by atoms with E-state index in [2.05, 4.69) is 15.4 Å². The molecule has 0 bridgehead atoms. The zero-order valence-electron chi connectivity index (χ0n) is 23.4. The Labute approximate surface area is 240 Å². The molecule has 14 nitrogen and oxygen atoms in total. The first kappa shape index (κ1) is 29.7. The van der Waals surface area contributed by atoms with Crippen molar-refractivity contribution in [3.63, 3.8) is 0 Å². The zero-order valence-corrected chi connectivity index (χ0v) is 23.4. The van der Waals surface area contributed by atoms with Crippen LogP contribution in [0.25, 0.3) is 11.0 Å². The molecule has 0 aliphatic heterocycles. The van der Waals surface area contributed by atoms with E-state index in [0.717, 1.165) is 6.07 Å². The lowest BCUT2D eigenvalue weighted by Crippen LogP contribution is -2.20. The number of anilines is 1. The number of amides is 2. The number of hydrogen-bond acceptors (Lipinski definition) is 8. The van der Waals surface area contributed by atoms with E-state index < -0.39 is 16.8 Å². The molecule has 0 fully saturated rings. The number of carboxylic acids is 1. The Morgan fingerprint density at radius 3 is 2.52 bits per heavy atom. The SMILES string of the molecule is CCn1nc(C)cc1C(=O)Nc1nc2cc(C(N)=O)ccc2n1CCCCCc1c(OC)cc(C(=O)O)cc1[N+](=O)[O-]. The van der Waals surface area contributed by atoms with E-state index in [1.54, 1.807) is 35.9 Å². The minimum atomic E-state index is -1.28. The highest BCUT2D eigenvalue weighted by atomic mass is 16.6. The van der Waals surface area contributed by atoms with Gasteiger partial charge in [0.05, 0.1) is 39.9 Å². The van der Waals surface area contributed by atoms with E-state index in [4.69, 9.17) is 10.5 Å². The highest BCUT2D eigenvalue weighted by molar-refractivity contribution is 6.03. The second-order valence-corrected chi connectivity index (χ2v) is 9.64. The molecule has 0 saturated carbocycles. The number of rotatable bonds is 13. The summed E-state index contributed by atoms with van der Waals surface area (Å²) >= 11 is 0. The number of nitrogens with zero attached hydrogens (tertiary/aromatic N) is 5. The molecule has 2 heterocycles. The quantitative estimate of drug-likeness (QED) is 0.120. The van der Waals surface area contributed by atoms with E-state index in [1.165, 1.54) is 13.2 Å². The summed E-state index contributed by atoms with van der Waals surface area (Å²) in [6.07, 6.45) is 2.13. The van der Waals surface area contributed by atoms with Crippen LogP contribution in [0.3, 0.4) is 0 Å². The molecule has 0 spiro atoms. The Kier molecular flexibility index (Phi) is 8.84. The monoisotopic (exact) mass is 577 g/mol. The van der Waals surface area contributed by atoms with Crippen molar-refractivity contribution < 1.29 is 29.2 Å². The fourth-order valence-electron chi connectivity index (χ4n) is 4.84. The maximum Gasteiger partial charge on any atom is 0.336 e. The lowest BCUT2D eigenvalue weighted by molar-refractivity contribution is -0.385. The summed E-state index contributed by atoms with van der Waals surface area (Å²) in [5.74, 6) is -1.82. The molecular weight excluding hydrogens is 546 g/mol. The predicted molar refractivity (Wildman–Crippen MR) is 153 cm³/mol. The molecule has 0 aliphatic carbocycles. The van der Waals surface area contributed by atoms with Crippen molar-refractivity contribution in [2.75, 3.05) is 12.4 Å². The predicted octanol–water partition coefficient (Wildman–Crippen LogP) is 3.94. The number of benzene rings is 2. The van der Waals surface area contributed by atoms with Gasteiger partial charge in [0, 0.05) is 24.7 Å². The molecular formula is C28H31N7O7. The Bertz CT molecular complexity index is 1690. The Balaban J connectivity index is 1.53. The third-order valence-corrected chi connectivity index (χ3v) is 6.85. The smallest absolute Gasteiger partial charge is 0.336 e. The largest absolute Gasteiger partial charge is 0.496 e. The van der Waals surface area contributed by atoms with Crippen molar-refractivity contribution in [3.05, 3.63) is 74.6 Å². The lowest BCUT2D eigenvalue weighted by Gasteiger charge is -2.12. The molecule has 4 aromatic rings. The third-order valence-electron chi connectivity index (χ3n) is 6.85. The average Bonchev–Trinajstić information content (AvgIpc) is 3.51. The van der Waals surface area contributed by atoms with E-state index in [-0.39, 0.29) is 28.5 Å². The number of methoxy groups -OCH3 is 1. The minimum absolute atomic E-state index is 0.152. The fourth-order valence-corrected chi connectivity index (χ4v) is 4.84. The summed E-state index contributed by atoms with van der Waals surface area (Å²) in [4.78, 5) is 51.9. The van der Waals surface area contributed by atoms with Gasteiger partial charge in [-0.2, -0.15) is 5.10 Å². The zero-order chi connectivity index (χ0) is 30.6. The second-order valence-electron chi connectivity index (χ2n) is 9.64. The highest BCUT2D eigenvalue weighted by Crippen LogP contribution is 2.32. The Morgan fingerprint density at radius 1 is 1.12 bits per heavy atom.